The van der Waals surface area contributed by atoms with Gasteiger partial charge in [-0.3, -0.25) is 4.79 Å². The normalized spacial score (nSPS) is 16.2. The molecule has 0 bridgehead atoms. The second-order valence-corrected chi connectivity index (χ2v) is 8.36. The number of nitrogens with zero attached hydrogens (tertiary/aromatic N) is 3. The van der Waals surface area contributed by atoms with E-state index in [1.807, 2.05) is 35.2 Å². The molecule has 1 amide bonds. The Morgan fingerprint density at radius 2 is 1.93 bits per heavy atom. The van der Waals surface area contributed by atoms with Gasteiger partial charge < -0.3 is 19.1 Å². The molecule has 6 heteroatoms. The maximum atomic E-state index is 13.1. The number of carbonyl (C=O) groups excluding carboxylic acids is 1. The molecule has 0 spiro atoms. The summed E-state index contributed by atoms with van der Waals surface area (Å²) < 4.78 is 11.7. The Kier molecular flexibility index (Phi) is 7.91. The molecule has 2 heterocycles. The standard InChI is InChI=1S/C24H35N3O3/c1-5-26(6-2)24-21(23(25-30-24)19-11-8-7-9-12-19)17-27(22(28)15-18(3)4)16-20-13-10-14-29-20/h7-9,11-12,18,20H,5-6,10,13-17H2,1-4H3. The fourth-order valence-corrected chi connectivity index (χ4v) is 3.98. The topological polar surface area (TPSA) is 58.8 Å². The number of benzene rings is 1. The molecule has 164 valence electrons. The van der Waals surface area contributed by atoms with Crippen molar-refractivity contribution >= 4 is 11.8 Å². The first-order valence-corrected chi connectivity index (χ1v) is 11.2. The lowest BCUT2D eigenvalue weighted by molar-refractivity contribution is -0.134. The summed E-state index contributed by atoms with van der Waals surface area (Å²) in [5.74, 6) is 1.22. The molecule has 1 aliphatic heterocycles. The Bertz CT molecular complexity index is 793. The lowest BCUT2D eigenvalue weighted by atomic mass is 10.0. The number of anilines is 1. The minimum Gasteiger partial charge on any atom is -0.376 e. The smallest absolute Gasteiger partial charge is 0.232 e. The summed E-state index contributed by atoms with van der Waals surface area (Å²) in [5.41, 5.74) is 2.79. The molecule has 3 rings (SSSR count). The predicted octanol–water partition coefficient (Wildman–Crippen LogP) is 4.74. The van der Waals surface area contributed by atoms with E-state index < -0.39 is 0 Å². The third-order valence-electron chi connectivity index (χ3n) is 5.60. The van der Waals surface area contributed by atoms with Crippen molar-refractivity contribution in [2.45, 2.75) is 59.6 Å². The molecule has 1 aromatic heterocycles. The lowest BCUT2D eigenvalue weighted by Crippen LogP contribution is -2.38. The molecule has 1 atom stereocenters. The van der Waals surface area contributed by atoms with Gasteiger partial charge in [0, 0.05) is 38.2 Å². The van der Waals surface area contributed by atoms with Crippen molar-refractivity contribution in [2.75, 3.05) is 31.1 Å². The molecular formula is C24H35N3O3. The zero-order valence-corrected chi connectivity index (χ0v) is 18.8. The summed E-state index contributed by atoms with van der Waals surface area (Å²) >= 11 is 0. The fourth-order valence-electron chi connectivity index (χ4n) is 3.98. The first kappa shape index (κ1) is 22.3. The number of ether oxygens (including phenoxy) is 1. The largest absolute Gasteiger partial charge is 0.376 e. The highest BCUT2D eigenvalue weighted by molar-refractivity contribution is 5.77. The number of amides is 1. The van der Waals surface area contributed by atoms with Gasteiger partial charge in [-0.05, 0) is 32.6 Å². The fraction of sp³-hybridized carbons (Fsp3) is 0.583. The maximum absolute atomic E-state index is 13.1. The van der Waals surface area contributed by atoms with Crippen molar-refractivity contribution in [1.29, 1.82) is 0 Å². The summed E-state index contributed by atoms with van der Waals surface area (Å²) in [6, 6.07) is 10.1. The zero-order valence-electron chi connectivity index (χ0n) is 18.8. The van der Waals surface area contributed by atoms with Crippen molar-refractivity contribution in [2.24, 2.45) is 5.92 Å². The lowest BCUT2D eigenvalue weighted by Gasteiger charge is -2.27. The average molecular weight is 414 g/mol. The Morgan fingerprint density at radius 3 is 2.53 bits per heavy atom. The highest BCUT2D eigenvalue weighted by Crippen LogP contribution is 2.33. The van der Waals surface area contributed by atoms with E-state index in [4.69, 9.17) is 9.26 Å². The zero-order chi connectivity index (χ0) is 21.5. The van der Waals surface area contributed by atoms with E-state index in [1.54, 1.807) is 0 Å². The maximum Gasteiger partial charge on any atom is 0.232 e. The number of hydrogen-bond acceptors (Lipinski definition) is 5. The third kappa shape index (κ3) is 5.42. The number of hydrogen-bond donors (Lipinski definition) is 0. The van der Waals surface area contributed by atoms with E-state index in [0.717, 1.165) is 55.2 Å². The molecule has 1 aromatic carbocycles. The highest BCUT2D eigenvalue weighted by atomic mass is 16.5. The van der Waals surface area contributed by atoms with Crippen LogP contribution in [-0.4, -0.2) is 48.3 Å². The van der Waals surface area contributed by atoms with Crippen LogP contribution in [0.4, 0.5) is 5.88 Å². The number of aromatic nitrogens is 1. The summed E-state index contributed by atoms with van der Waals surface area (Å²) in [4.78, 5) is 17.2. The van der Waals surface area contributed by atoms with Gasteiger partial charge in [0.25, 0.3) is 0 Å². The van der Waals surface area contributed by atoms with Crippen LogP contribution >= 0.6 is 0 Å². The van der Waals surface area contributed by atoms with Crippen molar-refractivity contribution in [1.82, 2.24) is 10.1 Å². The molecule has 1 aliphatic rings. The first-order valence-electron chi connectivity index (χ1n) is 11.2. The molecule has 2 aromatic rings. The quantitative estimate of drug-likeness (QED) is 0.563. The van der Waals surface area contributed by atoms with Gasteiger partial charge in [-0.25, -0.2) is 0 Å². The molecule has 0 aliphatic carbocycles. The van der Waals surface area contributed by atoms with Gasteiger partial charge in [0.05, 0.1) is 18.2 Å². The summed E-state index contributed by atoms with van der Waals surface area (Å²) in [6.07, 6.45) is 2.70. The highest BCUT2D eigenvalue weighted by Gasteiger charge is 2.28. The van der Waals surface area contributed by atoms with Gasteiger partial charge in [-0.15, -0.1) is 0 Å². The molecule has 0 radical (unpaired) electrons. The average Bonchev–Trinajstić information content (AvgIpc) is 3.39. The molecule has 1 unspecified atom stereocenters. The van der Waals surface area contributed by atoms with E-state index in [2.05, 4.69) is 37.8 Å². The van der Waals surface area contributed by atoms with Crippen molar-refractivity contribution in [3.63, 3.8) is 0 Å². The van der Waals surface area contributed by atoms with Crippen LogP contribution in [0.3, 0.4) is 0 Å². The SMILES string of the molecule is CCN(CC)c1onc(-c2ccccc2)c1CN(CC1CCCO1)C(=O)CC(C)C. The summed E-state index contributed by atoms with van der Waals surface area (Å²) in [6.45, 7) is 11.9. The van der Waals surface area contributed by atoms with Gasteiger partial charge >= 0.3 is 0 Å². The molecule has 1 fully saturated rings. The van der Waals surface area contributed by atoms with E-state index in [9.17, 15) is 4.79 Å². The first-order chi connectivity index (χ1) is 14.5. The minimum atomic E-state index is 0.109. The Balaban J connectivity index is 1.96. The van der Waals surface area contributed by atoms with Crippen LogP contribution in [0.2, 0.25) is 0 Å². The van der Waals surface area contributed by atoms with Crippen LogP contribution < -0.4 is 4.90 Å². The van der Waals surface area contributed by atoms with Gasteiger partial charge in [-0.1, -0.05) is 49.3 Å². The second-order valence-electron chi connectivity index (χ2n) is 8.36. The minimum absolute atomic E-state index is 0.109. The number of rotatable bonds is 10. The van der Waals surface area contributed by atoms with Gasteiger partial charge in [0.15, 0.2) is 0 Å². The van der Waals surface area contributed by atoms with Crippen LogP contribution in [0.1, 0.15) is 52.5 Å². The van der Waals surface area contributed by atoms with Crippen LogP contribution in [-0.2, 0) is 16.1 Å². The van der Waals surface area contributed by atoms with Crippen LogP contribution in [0, 0.1) is 5.92 Å². The summed E-state index contributed by atoms with van der Waals surface area (Å²) in [7, 11) is 0. The van der Waals surface area contributed by atoms with Crippen molar-refractivity contribution in [3.05, 3.63) is 35.9 Å². The van der Waals surface area contributed by atoms with E-state index in [1.165, 1.54) is 0 Å². The Morgan fingerprint density at radius 1 is 1.20 bits per heavy atom. The second kappa shape index (κ2) is 10.6. The molecule has 6 nitrogen and oxygen atoms in total. The van der Waals surface area contributed by atoms with Crippen molar-refractivity contribution in [3.8, 4) is 11.3 Å². The van der Waals surface area contributed by atoms with Crippen LogP contribution in [0.25, 0.3) is 11.3 Å². The van der Waals surface area contributed by atoms with Crippen LogP contribution in [0.15, 0.2) is 34.9 Å². The van der Waals surface area contributed by atoms with Gasteiger partial charge in [0.1, 0.15) is 5.69 Å². The Hall–Kier alpha value is -2.34. The molecule has 30 heavy (non-hydrogen) atoms. The van der Waals surface area contributed by atoms with Gasteiger partial charge in [0.2, 0.25) is 11.8 Å². The van der Waals surface area contributed by atoms with E-state index >= 15 is 0 Å². The molecule has 0 N–H and O–H groups in total. The third-order valence-corrected chi connectivity index (χ3v) is 5.60. The molecule has 1 saturated heterocycles. The van der Waals surface area contributed by atoms with E-state index in [0.29, 0.717) is 25.4 Å². The van der Waals surface area contributed by atoms with Gasteiger partial charge in [-0.2, -0.15) is 0 Å². The number of carbonyl (C=O) groups is 1. The molecular weight excluding hydrogens is 378 g/mol. The van der Waals surface area contributed by atoms with E-state index in [-0.39, 0.29) is 12.0 Å². The van der Waals surface area contributed by atoms with Crippen LogP contribution in [0.5, 0.6) is 0 Å². The Labute approximate surface area is 180 Å². The predicted molar refractivity (Wildman–Crippen MR) is 119 cm³/mol. The van der Waals surface area contributed by atoms with Crippen molar-refractivity contribution < 1.29 is 14.1 Å². The monoisotopic (exact) mass is 413 g/mol. The molecule has 0 saturated carbocycles. The summed E-state index contributed by atoms with van der Waals surface area (Å²) in [5, 5.41) is 4.42.